The van der Waals surface area contributed by atoms with E-state index in [9.17, 15) is 8.42 Å². The van der Waals surface area contributed by atoms with Gasteiger partial charge in [-0.15, -0.1) is 0 Å². The van der Waals surface area contributed by atoms with E-state index in [1.54, 1.807) is 0 Å². The Kier molecular flexibility index (Phi) is 3.69. The molecule has 1 aliphatic heterocycles. The van der Waals surface area contributed by atoms with Crippen LogP contribution in [0.15, 0.2) is 54.6 Å². The standard InChI is InChI=1S/C18H17N3O2S/c22-24(23)11-13(12-24)10-19-18-20-16-9-5-4-8-15(16)17(21-18)14-6-2-1-3-7-14/h1-9,13H,10-12H2,(H,19,20,21). The van der Waals surface area contributed by atoms with Crippen molar-refractivity contribution >= 4 is 26.7 Å². The first-order chi connectivity index (χ1) is 11.6. The van der Waals surface area contributed by atoms with Gasteiger partial charge >= 0.3 is 0 Å². The summed E-state index contributed by atoms with van der Waals surface area (Å²) in [7, 11) is -2.80. The summed E-state index contributed by atoms with van der Waals surface area (Å²) in [5, 5.41) is 4.20. The van der Waals surface area contributed by atoms with Crippen LogP contribution in [0.5, 0.6) is 0 Å². The molecule has 5 nitrogen and oxygen atoms in total. The van der Waals surface area contributed by atoms with Crippen molar-refractivity contribution in [3.63, 3.8) is 0 Å². The highest BCUT2D eigenvalue weighted by Crippen LogP contribution is 2.27. The van der Waals surface area contributed by atoms with Gasteiger partial charge in [0.15, 0.2) is 9.84 Å². The molecule has 1 saturated heterocycles. The van der Waals surface area contributed by atoms with Crippen LogP contribution in [-0.4, -0.2) is 36.4 Å². The highest BCUT2D eigenvalue weighted by Gasteiger charge is 2.33. The smallest absolute Gasteiger partial charge is 0.223 e. The second kappa shape index (κ2) is 5.87. The van der Waals surface area contributed by atoms with Gasteiger partial charge in [-0.05, 0) is 6.07 Å². The van der Waals surface area contributed by atoms with Gasteiger partial charge < -0.3 is 5.32 Å². The molecule has 6 heteroatoms. The molecule has 1 aliphatic rings. The molecule has 0 aliphatic carbocycles. The van der Waals surface area contributed by atoms with Crippen LogP contribution >= 0.6 is 0 Å². The van der Waals surface area contributed by atoms with Gasteiger partial charge in [0, 0.05) is 23.4 Å². The van der Waals surface area contributed by atoms with Crippen LogP contribution in [0.1, 0.15) is 0 Å². The van der Waals surface area contributed by atoms with Gasteiger partial charge in [0.05, 0.1) is 22.7 Å². The summed E-state index contributed by atoms with van der Waals surface area (Å²) in [6, 6.07) is 17.9. The van der Waals surface area contributed by atoms with Crippen LogP contribution < -0.4 is 5.32 Å². The first-order valence-corrected chi connectivity index (χ1v) is 9.69. The quantitative estimate of drug-likeness (QED) is 0.791. The predicted octanol–water partition coefficient (Wildman–Crippen LogP) is 2.75. The number of aromatic nitrogens is 2. The first-order valence-electron chi connectivity index (χ1n) is 7.87. The van der Waals surface area contributed by atoms with Crippen molar-refractivity contribution in [2.75, 3.05) is 23.4 Å². The summed E-state index contributed by atoms with van der Waals surface area (Å²) in [6.45, 7) is 0.575. The van der Waals surface area contributed by atoms with Crippen LogP contribution in [0.4, 0.5) is 5.95 Å². The van der Waals surface area contributed by atoms with E-state index in [1.807, 2.05) is 54.6 Å². The maximum atomic E-state index is 11.3. The van der Waals surface area contributed by atoms with Crippen molar-refractivity contribution < 1.29 is 8.42 Å². The SMILES string of the molecule is O=S1(=O)CC(CNc2nc(-c3ccccc3)c3ccccc3n2)C1. The Balaban J connectivity index is 1.67. The molecule has 1 fully saturated rings. The minimum atomic E-state index is -2.80. The molecule has 0 bridgehead atoms. The Labute approximate surface area is 140 Å². The van der Waals surface area contributed by atoms with Crippen LogP contribution in [0, 0.1) is 5.92 Å². The number of nitrogens with zero attached hydrogens (tertiary/aromatic N) is 2. The number of nitrogens with one attached hydrogen (secondary N) is 1. The topological polar surface area (TPSA) is 72.0 Å². The Morgan fingerprint density at radius 1 is 0.958 bits per heavy atom. The van der Waals surface area contributed by atoms with E-state index in [0.717, 1.165) is 22.2 Å². The Morgan fingerprint density at radius 3 is 2.42 bits per heavy atom. The van der Waals surface area contributed by atoms with Crippen LogP contribution in [-0.2, 0) is 9.84 Å². The van der Waals surface area contributed by atoms with E-state index in [1.165, 1.54) is 0 Å². The van der Waals surface area contributed by atoms with Crippen LogP contribution in [0.2, 0.25) is 0 Å². The molecule has 3 aromatic rings. The minimum absolute atomic E-state index is 0.144. The summed E-state index contributed by atoms with van der Waals surface area (Å²) in [6.07, 6.45) is 0. The molecule has 0 atom stereocenters. The lowest BCUT2D eigenvalue weighted by atomic mass is 10.1. The molecule has 122 valence electrons. The number of para-hydroxylation sites is 1. The number of fused-ring (bicyclic) bond motifs is 1. The summed E-state index contributed by atoms with van der Waals surface area (Å²) in [4.78, 5) is 9.22. The van der Waals surface area contributed by atoms with Crippen LogP contribution in [0.25, 0.3) is 22.2 Å². The molecule has 0 amide bonds. The van der Waals surface area contributed by atoms with Crippen molar-refractivity contribution in [1.82, 2.24) is 9.97 Å². The molecule has 1 N–H and O–H groups in total. The van der Waals surface area contributed by atoms with Gasteiger partial charge in [0.2, 0.25) is 5.95 Å². The fourth-order valence-electron chi connectivity index (χ4n) is 2.99. The maximum absolute atomic E-state index is 11.3. The van der Waals surface area contributed by atoms with Crippen molar-refractivity contribution in [2.45, 2.75) is 0 Å². The lowest BCUT2D eigenvalue weighted by molar-refractivity contribution is 0.532. The number of benzene rings is 2. The zero-order valence-corrected chi connectivity index (χ0v) is 13.8. The second-order valence-corrected chi connectivity index (χ2v) is 8.26. The highest BCUT2D eigenvalue weighted by atomic mass is 32.2. The van der Waals surface area contributed by atoms with Gasteiger partial charge in [-0.25, -0.2) is 18.4 Å². The Hall–Kier alpha value is -2.47. The highest BCUT2D eigenvalue weighted by molar-refractivity contribution is 7.92. The zero-order valence-electron chi connectivity index (χ0n) is 13.0. The fourth-order valence-corrected chi connectivity index (χ4v) is 4.57. The molecule has 0 radical (unpaired) electrons. The van der Waals surface area contributed by atoms with Gasteiger partial charge in [-0.3, -0.25) is 0 Å². The average Bonchev–Trinajstić information content (AvgIpc) is 2.58. The molecule has 4 rings (SSSR count). The second-order valence-electron chi connectivity index (χ2n) is 6.10. The molecule has 2 heterocycles. The number of hydrogen-bond acceptors (Lipinski definition) is 5. The summed E-state index contributed by atoms with van der Waals surface area (Å²) >= 11 is 0. The lowest BCUT2D eigenvalue weighted by Gasteiger charge is -2.25. The Bertz CT molecular complexity index is 976. The predicted molar refractivity (Wildman–Crippen MR) is 95.6 cm³/mol. The average molecular weight is 339 g/mol. The minimum Gasteiger partial charge on any atom is -0.354 e. The molecule has 2 aromatic carbocycles. The van der Waals surface area contributed by atoms with E-state index in [2.05, 4.69) is 15.3 Å². The molecular weight excluding hydrogens is 322 g/mol. The third-order valence-electron chi connectivity index (χ3n) is 4.18. The van der Waals surface area contributed by atoms with E-state index >= 15 is 0 Å². The van der Waals surface area contributed by atoms with Crippen molar-refractivity contribution in [1.29, 1.82) is 0 Å². The van der Waals surface area contributed by atoms with Gasteiger partial charge in [-0.2, -0.15) is 0 Å². The maximum Gasteiger partial charge on any atom is 0.223 e. The normalized spacial score (nSPS) is 16.7. The summed E-state index contributed by atoms with van der Waals surface area (Å²) in [5.74, 6) is 1.18. The third kappa shape index (κ3) is 2.97. The van der Waals surface area contributed by atoms with E-state index in [4.69, 9.17) is 0 Å². The lowest BCUT2D eigenvalue weighted by Crippen LogP contribution is -2.40. The molecular formula is C18H17N3O2S. The zero-order chi connectivity index (χ0) is 16.6. The monoisotopic (exact) mass is 339 g/mol. The largest absolute Gasteiger partial charge is 0.354 e. The fraction of sp³-hybridized carbons (Fsp3) is 0.222. The van der Waals surface area contributed by atoms with Crippen LogP contribution in [0.3, 0.4) is 0 Å². The van der Waals surface area contributed by atoms with E-state index in [-0.39, 0.29) is 17.4 Å². The number of rotatable bonds is 4. The van der Waals surface area contributed by atoms with Gasteiger partial charge in [0.25, 0.3) is 0 Å². The molecule has 0 unspecified atom stereocenters. The van der Waals surface area contributed by atoms with Crippen molar-refractivity contribution in [3.8, 4) is 11.3 Å². The molecule has 0 saturated carbocycles. The summed E-state index contributed by atoms with van der Waals surface area (Å²) < 4.78 is 22.5. The van der Waals surface area contributed by atoms with Crippen molar-refractivity contribution in [3.05, 3.63) is 54.6 Å². The summed E-state index contributed by atoms with van der Waals surface area (Å²) in [5.41, 5.74) is 2.78. The third-order valence-corrected chi connectivity index (χ3v) is 6.14. The van der Waals surface area contributed by atoms with E-state index < -0.39 is 9.84 Å². The molecule has 0 spiro atoms. The first kappa shape index (κ1) is 15.1. The van der Waals surface area contributed by atoms with Crippen molar-refractivity contribution in [2.24, 2.45) is 5.92 Å². The number of anilines is 1. The van der Waals surface area contributed by atoms with Gasteiger partial charge in [-0.1, -0.05) is 48.5 Å². The molecule has 1 aromatic heterocycles. The molecule has 24 heavy (non-hydrogen) atoms. The van der Waals surface area contributed by atoms with Gasteiger partial charge in [0.1, 0.15) is 0 Å². The van der Waals surface area contributed by atoms with E-state index in [0.29, 0.717) is 12.5 Å². The number of hydrogen-bond donors (Lipinski definition) is 1. The Morgan fingerprint density at radius 2 is 1.67 bits per heavy atom. The number of sulfone groups is 1.